The number of nitrogens with one attached hydrogen (secondary N) is 3. The Morgan fingerprint density at radius 1 is 1.04 bits per heavy atom. The van der Waals surface area contributed by atoms with E-state index < -0.39 is 0 Å². The van der Waals surface area contributed by atoms with Gasteiger partial charge in [-0.2, -0.15) is 0 Å². The van der Waals surface area contributed by atoms with Crippen molar-refractivity contribution in [2.75, 3.05) is 16.0 Å². The van der Waals surface area contributed by atoms with E-state index in [1.165, 1.54) is 26.2 Å². The van der Waals surface area contributed by atoms with Gasteiger partial charge in [-0.3, -0.25) is 9.59 Å². The molecule has 2 aromatic rings. The van der Waals surface area contributed by atoms with Crippen LogP contribution in [0.2, 0.25) is 0 Å². The summed E-state index contributed by atoms with van der Waals surface area (Å²) in [5.41, 5.74) is 1.50. The largest absolute Gasteiger partial charge is 0.351 e. The maximum Gasteiger partial charge on any atom is 0.274 e. The number of anilines is 3. The normalized spacial score (nSPS) is 14.5. The van der Waals surface area contributed by atoms with Gasteiger partial charge in [0.2, 0.25) is 11.9 Å². The molecule has 7 nitrogen and oxygen atoms in total. The zero-order valence-corrected chi connectivity index (χ0v) is 14.8. The fourth-order valence-corrected chi connectivity index (χ4v) is 3.06. The molecule has 1 aliphatic rings. The van der Waals surface area contributed by atoms with Crippen molar-refractivity contribution in [2.24, 2.45) is 0 Å². The van der Waals surface area contributed by atoms with E-state index in [2.05, 4.69) is 25.9 Å². The van der Waals surface area contributed by atoms with Crippen molar-refractivity contribution in [3.63, 3.8) is 0 Å². The molecule has 0 saturated heterocycles. The second kappa shape index (κ2) is 8.42. The zero-order chi connectivity index (χ0) is 18.4. The third-order valence-corrected chi connectivity index (χ3v) is 4.27. The third-order valence-electron chi connectivity index (χ3n) is 4.27. The van der Waals surface area contributed by atoms with Crippen molar-refractivity contribution >= 4 is 29.1 Å². The minimum absolute atomic E-state index is 0.164. The van der Waals surface area contributed by atoms with E-state index in [1.807, 2.05) is 0 Å². The minimum Gasteiger partial charge on any atom is -0.351 e. The SMILES string of the molecule is CC(=O)Nc1cccc(NC(=O)c2ccnc(NC3CCCCC3)n2)c1. The molecule has 1 aromatic heterocycles. The first-order chi connectivity index (χ1) is 12.6. The predicted molar refractivity (Wildman–Crippen MR) is 101 cm³/mol. The fourth-order valence-electron chi connectivity index (χ4n) is 3.06. The lowest BCUT2D eigenvalue weighted by Crippen LogP contribution is -2.24. The van der Waals surface area contributed by atoms with Crippen molar-refractivity contribution in [2.45, 2.75) is 45.1 Å². The molecule has 0 spiro atoms. The average molecular weight is 353 g/mol. The summed E-state index contributed by atoms with van der Waals surface area (Å²) in [6.45, 7) is 1.44. The van der Waals surface area contributed by atoms with E-state index in [0.717, 1.165) is 12.8 Å². The maximum absolute atomic E-state index is 12.5. The number of benzene rings is 1. The van der Waals surface area contributed by atoms with Crippen LogP contribution in [0.1, 0.15) is 49.5 Å². The van der Waals surface area contributed by atoms with Crippen molar-refractivity contribution in [3.8, 4) is 0 Å². The van der Waals surface area contributed by atoms with Crippen LogP contribution in [0, 0.1) is 0 Å². The molecule has 1 aromatic carbocycles. The quantitative estimate of drug-likeness (QED) is 0.765. The molecule has 0 aliphatic heterocycles. The minimum atomic E-state index is -0.320. The van der Waals surface area contributed by atoms with E-state index in [9.17, 15) is 9.59 Å². The molecule has 1 saturated carbocycles. The topological polar surface area (TPSA) is 96.0 Å². The van der Waals surface area contributed by atoms with Crippen LogP contribution in [0.3, 0.4) is 0 Å². The van der Waals surface area contributed by atoms with Crippen LogP contribution in [0.5, 0.6) is 0 Å². The summed E-state index contributed by atoms with van der Waals surface area (Å²) in [6.07, 6.45) is 7.50. The first-order valence-corrected chi connectivity index (χ1v) is 8.89. The lowest BCUT2D eigenvalue weighted by atomic mass is 9.96. The molecule has 0 unspecified atom stereocenters. The highest BCUT2D eigenvalue weighted by Crippen LogP contribution is 2.20. The highest BCUT2D eigenvalue weighted by molar-refractivity contribution is 6.03. The number of carbonyl (C=O) groups excluding carboxylic acids is 2. The van der Waals surface area contributed by atoms with E-state index in [-0.39, 0.29) is 11.8 Å². The Balaban J connectivity index is 1.66. The predicted octanol–water partition coefficient (Wildman–Crippen LogP) is 3.43. The number of carbonyl (C=O) groups is 2. The Hall–Kier alpha value is -2.96. The van der Waals surface area contributed by atoms with Crippen molar-refractivity contribution in [1.82, 2.24) is 9.97 Å². The Kier molecular flexibility index (Phi) is 5.78. The molecule has 1 heterocycles. The van der Waals surface area contributed by atoms with Gasteiger partial charge in [0.05, 0.1) is 0 Å². The molecule has 7 heteroatoms. The van der Waals surface area contributed by atoms with Crippen LogP contribution in [0.4, 0.5) is 17.3 Å². The van der Waals surface area contributed by atoms with Gasteiger partial charge in [0.25, 0.3) is 5.91 Å². The fraction of sp³-hybridized carbons (Fsp3) is 0.368. The van der Waals surface area contributed by atoms with Crippen LogP contribution in [0.15, 0.2) is 36.5 Å². The number of hydrogen-bond acceptors (Lipinski definition) is 5. The van der Waals surface area contributed by atoms with Crippen LogP contribution in [-0.4, -0.2) is 27.8 Å². The van der Waals surface area contributed by atoms with Crippen LogP contribution in [-0.2, 0) is 4.79 Å². The van der Waals surface area contributed by atoms with Crippen molar-refractivity contribution < 1.29 is 9.59 Å². The molecule has 26 heavy (non-hydrogen) atoms. The van der Waals surface area contributed by atoms with Crippen LogP contribution >= 0.6 is 0 Å². The zero-order valence-electron chi connectivity index (χ0n) is 14.8. The highest BCUT2D eigenvalue weighted by Gasteiger charge is 2.15. The summed E-state index contributed by atoms with van der Waals surface area (Å²) in [7, 11) is 0. The van der Waals surface area contributed by atoms with Gasteiger partial charge in [-0.05, 0) is 37.1 Å². The smallest absolute Gasteiger partial charge is 0.274 e. The van der Waals surface area contributed by atoms with E-state index in [4.69, 9.17) is 0 Å². The van der Waals surface area contributed by atoms with Gasteiger partial charge in [-0.25, -0.2) is 9.97 Å². The number of hydrogen-bond donors (Lipinski definition) is 3. The Bertz CT molecular complexity index is 787. The van der Waals surface area contributed by atoms with Crippen LogP contribution in [0.25, 0.3) is 0 Å². The van der Waals surface area contributed by atoms with Gasteiger partial charge in [-0.1, -0.05) is 25.3 Å². The standard InChI is InChI=1S/C19H23N5O2/c1-13(25)21-15-8-5-9-16(12-15)22-18(26)17-10-11-20-19(24-17)23-14-6-3-2-4-7-14/h5,8-12,14H,2-4,6-7H2,1H3,(H,21,25)(H,22,26)(H,20,23,24). The average Bonchev–Trinajstić information content (AvgIpc) is 2.62. The van der Waals surface area contributed by atoms with E-state index >= 15 is 0 Å². The van der Waals surface area contributed by atoms with E-state index in [0.29, 0.717) is 29.1 Å². The molecule has 0 bridgehead atoms. The number of aromatic nitrogens is 2. The molecule has 1 fully saturated rings. The Morgan fingerprint density at radius 2 is 1.77 bits per heavy atom. The summed E-state index contributed by atoms with van der Waals surface area (Å²) in [5.74, 6) is -0.00155. The van der Waals surface area contributed by atoms with Gasteiger partial charge >= 0.3 is 0 Å². The lowest BCUT2D eigenvalue weighted by molar-refractivity contribution is -0.114. The summed E-state index contributed by atoms with van der Waals surface area (Å²) < 4.78 is 0. The Morgan fingerprint density at radius 3 is 2.50 bits per heavy atom. The van der Waals surface area contributed by atoms with Gasteiger partial charge < -0.3 is 16.0 Å². The van der Waals surface area contributed by atoms with Crippen LogP contribution < -0.4 is 16.0 Å². The summed E-state index contributed by atoms with van der Waals surface area (Å²) in [4.78, 5) is 32.2. The lowest BCUT2D eigenvalue weighted by Gasteiger charge is -2.22. The first kappa shape index (κ1) is 17.8. The molecule has 2 amide bonds. The summed E-state index contributed by atoms with van der Waals surface area (Å²) in [6, 6.07) is 8.92. The number of nitrogens with zero attached hydrogens (tertiary/aromatic N) is 2. The van der Waals surface area contributed by atoms with E-state index in [1.54, 1.807) is 36.5 Å². The second-order valence-electron chi connectivity index (χ2n) is 6.46. The molecular formula is C19H23N5O2. The molecule has 0 atom stereocenters. The molecular weight excluding hydrogens is 330 g/mol. The molecule has 3 rings (SSSR count). The summed E-state index contributed by atoms with van der Waals surface area (Å²) in [5, 5.41) is 8.80. The maximum atomic E-state index is 12.5. The van der Waals surface area contributed by atoms with Gasteiger partial charge in [-0.15, -0.1) is 0 Å². The highest BCUT2D eigenvalue weighted by atomic mass is 16.2. The molecule has 0 radical (unpaired) electrons. The van der Waals surface area contributed by atoms with Crippen molar-refractivity contribution in [3.05, 3.63) is 42.2 Å². The number of amides is 2. The van der Waals surface area contributed by atoms with Crippen molar-refractivity contribution in [1.29, 1.82) is 0 Å². The Labute approximate surface area is 152 Å². The molecule has 3 N–H and O–H groups in total. The van der Waals surface area contributed by atoms with Gasteiger partial charge in [0.15, 0.2) is 0 Å². The first-order valence-electron chi connectivity index (χ1n) is 8.89. The second-order valence-corrected chi connectivity index (χ2v) is 6.46. The molecule has 1 aliphatic carbocycles. The molecule has 136 valence electrons. The number of rotatable bonds is 5. The van der Waals surface area contributed by atoms with Gasteiger partial charge in [0.1, 0.15) is 5.69 Å². The van der Waals surface area contributed by atoms with Gasteiger partial charge in [0, 0.05) is 30.5 Å². The monoisotopic (exact) mass is 353 g/mol. The third kappa shape index (κ3) is 5.02. The summed E-state index contributed by atoms with van der Waals surface area (Å²) >= 11 is 0.